The number of carbonyl (C=O) groups is 5. The Hall–Kier alpha value is -2.42. The highest BCUT2D eigenvalue weighted by atomic mass is 32.2. The Morgan fingerprint density at radius 1 is 0.884 bits per heavy atom. The molecule has 1 heterocycles. The average Bonchev–Trinajstić information content (AvgIpc) is 2.93. The van der Waals surface area contributed by atoms with Gasteiger partial charge >= 0.3 is 18.0 Å². The van der Waals surface area contributed by atoms with E-state index in [4.69, 9.17) is 20.4 Å². The summed E-state index contributed by atoms with van der Waals surface area (Å²) in [4.78, 5) is 63.0. The lowest BCUT2D eigenvalue weighted by atomic mass is 9.49. The lowest BCUT2D eigenvalue weighted by Crippen LogP contribution is -2.55. The number of amides is 3. The maximum Gasteiger partial charge on any atom is 0.335 e. The van der Waals surface area contributed by atoms with Gasteiger partial charge in [0, 0.05) is 51.9 Å². The number of carboxylic acids is 2. The molecule has 0 spiro atoms. The molecule has 2 unspecified atom stereocenters. The number of nitrogens with zero attached hydrogens (tertiary/aromatic N) is 3. The summed E-state index contributed by atoms with van der Waals surface area (Å²) in [5.41, 5.74) is 0.405. The predicted molar refractivity (Wildman–Crippen MR) is 159 cm³/mol. The van der Waals surface area contributed by atoms with Gasteiger partial charge in [-0.25, -0.2) is 14.4 Å². The molecule has 3 amide bonds. The number of rotatable bonds is 11. The Balaban J connectivity index is 0.000000436. The first kappa shape index (κ1) is 35.1. The minimum atomic E-state index is -2.27. The van der Waals surface area contributed by atoms with Crippen LogP contribution in [0.25, 0.3) is 0 Å². The highest BCUT2D eigenvalue weighted by Gasteiger charge is 2.50. The third kappa shape index (κ3) is 10.0. The van der Waals surface area contributed by atoms with Crippen molar-refractivity contribution in [3.63, 3.8) is 0 Å². The van der Waals surface area contributed by atoms with Crippen LogP contribution in [-0.2, 0) is 19.2 Å². The van der Waals surface area contributed by atoms with Crippen molar-refractivity contribution in [2.45, 2.75) is 77.0 Å². The molecule has 0 aromatic carbocycles. The van der Waals surface area contributed by atoms with Crippen LogP contribution in [-0.4, -0.2) is 134 Å². The highest BCUT2D eigenvalue weighted by molar-refractivity contribution is 8.13. The van der Waals surface area contributed by atoms with Crippen molar-refractivity contribution in [1.29, 1.82) is 0 Å². The fourth-order valence-corrected chi connectivity index (χ4v) is 8.09. The molecule has 1 saturated heterocycles. The molecule has 1 aliphatic heterocycles. The molecule has 5 fully saturated rings. The molecule has 0 aromatic rings. The third-order valence-corrected chi connectivity index (χ3v) is 10.2. The van der Waals surface area contributed by atoms with Gasteiger partial charge in [0.2, 0.25) is 5.91 Å². The zero-order valence-corrected chi connectivity index (χ0v) is 26.3. The summed E-state index contributed by atoms with van der Waals surface area (Å²) in [6.07, 6.45) is 4.77. The molecular weight excluding hydrogens is 580 g/mol. The molecule has 5 aliphatic rings. The first-order valence-electron chi connectivity index (χ1n) is 15.2. The lowest BCUT2D eigenvalue weighted by Gasteiger charge is -2.57. The summed E-state index contributed by atoms with van der Waals surface area (Å²) < 4.78 is 0. The van der Waals surface area contributed by atoms with Crippen molar-refractivity contribution >= 4 is 40.8 Å². The van der Waals surface area contributed by atoms with Crippen LogP contribution in [0.2, 0.25) is 0 Å². The molecule has 3 atom stereocenters. The Morgan fingerprint density at radius 2 is 1.37 bits per heavy atom. The van der Waals surface area contributed by atoms with Crippen molar-refractivity contribution in [3.8, 4) is 0 Å². The molecule has 244 valence electrons. The number of carbonyl (C=O) groups excluding carboxylic acids is 3. The van der Waals surface area contributed by atoms with E-state index in [1.807, 2.05) is 9.80 Å². The highest BCUT2D eigenvalue weighted by Crippen LogP contribution is 2.61. The van der Waals surface area contributed by atoms with Crippen LogP contribution in [0.3, 0.4) is 0 Å². The Morgan fingerprint density at radius 3 is 1.81 bits per heavy atom. The monoisotopic (exact) mass is 628 g/mol. The number of hydrogen-bond acceptors (Lipinski definition) is 9. The molecule has 13 nitrogen and oxygen atoms in total. The van der Waals surface area contributed by atoms with E-state index in [1.165, 1.54) is 50.3 Å². The number of carboxylic acid groups (broad SMARTS) is 2. The second kappa shape index (κ2) is 15.5. The number of aliphatic carboxylic acids is 2. The normalized spacial score (nSPS) is 28.2. The van der Waals surface area contributed by atoms with Gasteiger partial charge in [0.15, 0.2) is 17.3 Å². The third-order valence-electron chi connectivity index (χ3n) is 9.36. The fraction of sp³-hybridized carbons (Fsp3) is 0.828. The number of nitrogens with one attached hydrogen (secondary N) is 1. The number of aliphatic hydroxyl groups excluding tert-OH is 2. The quantitative estimate of drug-likeness (QED) is 0.219. The van der Waals surface area contributed by atoms with E-state index in [9.17, 15) is 24.0 Å². The number of urea groups is 1. The van der Waals surface area contributed by atoms with Gasteiger partial charge in [0.05, 0.1) is 0 Å². The lowest BCUT2D eigenvalue weighted by molar-refractivity contribution is -0.165. The summed E-state index contributed by atoms with van der Waals surface area (Å²) in [6, 6.07) is -0.706. The molecule has 5 N–H and O–H groups in total. The zero-order chi connectivity index (χ0) is 31.9. The van der Waals surface area contributed by atoms with Crippen molar-refractivity contribution in [1.82, 2.24) is 20.0 Å². The van der Waals surface area contributed by atoms with Crippen molar-refractivity contribution < 1.29 is 44.4 Å². The maximum absolute atomic E-state index is 13.2. The second-order valence-electron chi connectivity index (χ2n) is 12.9. The minimum Gasteiger partial charge on any atom is -0.479 e. The van der Waals surface area contributed by atoms with Crippen LogP contribution >= 0.6 is 11.8 Å². The standard InChI is InChI=1S/C25H42N4O3S.C4H6O6/c1-18(23(31)28-8-6-27(3)7-9-28)26-24(32)29(10-11-33-19(2)30)5-4-25-15-20-12-21(16-25)14-22(13-20)17-25;5-1(3(7)8)2(6)4(9)10/h18,20-22H,4-17H2,1-3H3,(H,26,32);1-2,5-6H,(H,7,8)(H,9,10)/t18-,20?,21?,22?,25?;/m0./s1. The molecule has 0 radical (unpaired) electrons. The zero-order valence-electron chi connectivity index (χ0n) is 25.4. The van der Waals surface area contributed by atoms with Crippen LogP contribution in [0.5, 0.6) is 0 Å². The summed E-state index contributed by atoms with van der Waals surface area (Å²) in [6.45, 7) is 7.77. The Bertz CT molecular complexity index is 967. The number of likely N-dealkylation sites (N-methyl/N-ethyl adjacent to an activating group) is 1. The van der Waals surface area contributed by atoms with E-state index < -0.39 is 30.2 Å². The summed E-state index contributed by atoms with van der Waals surface area (Å²) in [5.74, 6) is -0.251. The number of hydrogen-bond donors (Lipinski definition) is 5. The van der Waals surface area contributed by atoms with Crippen LogP contribution in [0.15, 0.2) is 0 Å². The fourth-order valence-electron chi connectivity index (χ4n) is 7.49. The summed E-state index contributed by atoms with van der Waals surface area (Å²) in [7, 11) is 2.06. The van der Waals surface area contributed by atoms with Crippen molar-refractivity contribution in [2.75, 3.05) is 52.1 Å². The SMILES string of the molecule is CC(=O)SCCN(CCC12CC3CC(CC(C3)C1)C2)C(=O)N[C@@H](C)C(=O)N1CCN(C)CC1.O=C(O)C(O)C(O)C(=O)O. The molecule has 0 aromatic heterocycles. The van der Waals surface area contributed by atoms with Crippen LogP contribution in [0, 0.1) is 23.2 Å². The van der Waals surface area contributed by atoms with Gasteiger partial charge in [-0.15, -0.1) is 0 Å². The second-order valence-corrected chi connectivity index (χ2v) is 14.1. The van der Waals surface area contributed by atoms with Gasteiger partial charge in [-0.2, -0.15) is 0 Å². The largest absolute Gasteiger partial charge is 0.479 e. The van der Waals surface area contributed by atoms with Gasteiger partial charge in [-0.1, -0.05) is 11.8 Å². The van der Waals surface area contributed by atoms with Gasteiger partial charge < -0.3 is 40.4 Å². The molecule has 14 heteroatoms. The minimum absolute atomic E-state index is 0.00408. The van der Waals surface area contributed by atoms with E-state index >= 15 is 0 Å². The first-order chi connectivity index (χ1) is 20.2. The van der Waals surface area contributed by atoms with Crippen molar-refractivity contribution in [2.24, 2.45) is 23.2 Å². The van der Waals surface area contributed by atoms with Crippen LogP contribution in [0.4, 0.5) is 4.79 Å². The molecule has 5 rings (SSSR count). The van der Waals surface area contributed by atoms with Gasteiger partial charge in [0.1, 0.15) is 6.04 Å². The van der Waals surface area contributed by atoms with E-state index in [-0.39, 0.29) is 17.1 Å². The molecule has 4 aliphatic carbocycles. The smallest absolute Gasteiger partial charge is 0.335 e. The molecule has 4 bridgehead atoms. The molecule has 4 saturated carbocycles. The van der Waals surface area contributed by atoms with E-state index in [0.29, 0.717) is 37.3 Å². The Kier molecular flexibility index (Phi) is 12.7. The van der Waals surface area contributed by atoms with E-state index in [2.05, 4.69) is 17.3 Å². The first-order valence-corrected chi connectivity index (χ1v) is 16.2. The van der Waals surface area contributed by atoms with Crippen LogP contribution in [0.1, 0.15) is 58.8 Å². The van der Waals surface area contributed by atoms with Gasteiger partial charge in [0.25, 0.3) is 0 Å². The van der Waals surface area contributed by atoms with Crippen molar-refractivity contribution in [3.05, 3.63) is 0 Å². The number of piperazine rings is 1. The molecule has 43 heavy (non-hydrogen) atoms. The average molecular weight is 629 g/mol. The van der Waals surface area contributed by atoms with Gasteiger partial charge in [-0.05, 0) is 82.1 Å². The van der Waals surface area contributed by atoms with E-state index in [1.54, 1.807) is 13.8 Å². The van der Waals surface area contributed by atoms with E-state index in [0.717, 1.165) is 37.3 Å². The number of thioether (sulfide) groups is 1. The van der Waals surface area contributed by atoms with Gasteiger partial charge in [-0.3, -0.25) is 9.59 Å². The number of aliphatic hydroxyl groups is 2. The molecular formula is C29H48N4O9S. The topological polar surface area (TPSA) is 188 Å². The summed E-state index contributed by atoms with van der Waals surface area (Å²) >= 11 is 1.27. The Labute approximate surface area is 257 Å². The predicted octanol–water partition coefficient (Wildman–Crippen LogP) is 0.924. The maximum atomic E-state index is 13.2. The summed E-state index contributed by atoms with van der Waals surface area (Å²) in [5, 5.41) is 35.6. The van der Waals surface area contributed by atoms with Crippen LogP contribution < -0.4 is 5.32 Å².